The first-order valence-corrected chi connectivity index (χ1v) is 13.0. The molecule has 27 heavy (non-hydrogen) atoms. The van der Waals surface area contributed by atoms with Crippen molar-refractivity contribution in [1.29, 1.82) is 0 Å². The highest BCUT2D eigenvalue weighted by atomic mass is 14.9. The molecule has 2 unspecified atom stereocenters. The summed E-state index contributed by atoms with van der Waals surface area (Å²) in [4.78, 5) is 0. The van der Waals surface area contributed by atoms with Crippen molar-refractivity contribution in [1.82, 2.24) is 5.32 Å². The zero-order chi connectivity index (χ0) is 20.0. The lowest BCUT2D eigenvalue weighted by Crippen LogP contribution is -2.29. The molecule has 0 aliphatic carbocycles. The largest absolute Gasteiger partial charge is 0.316 e. The van der Waals surface area contributed by atoms with Gasteiger partial charge in [-0.05, 0) is 37.8 Å². The Labute approximate surface area is 173 Å². The molecule has 0 radical (unpaired) electrons. The van der Waals surface area contributed by atoms with Gasteiger partial charge in [0.25, 0.3) is 0 Å². The normalized spacial score (nSPS) is 13.8. The third-order valence-corrected chi connectivity index (χ3v) is 6.28. The molecule has 0 bridgehead atoms. The van der Waals surface area contributed by atoms with Crippen LogP contribution >= 0.6 is 0 Å². The van der Waals surface area contributed by atoms with E-state index in [2.05, 4.69) is 33.0 Å². The second kappa shape index (κ2) is 22.3. The van der Waals surface area contributed by atoms with Gasteiger partial charge in [-0.25, -0.2) is 0 Å². The van der Waals surface area contributed by atoms with Gasteiger partial charge in [0.15, 0.2) is 0 Å². The molecule has 1 nitrogen and oxygen atoms in total. The van der Waals surface area contributed by atoms with E-state index in [-0.39, 0.29) is 0 Å². The quantitative estimate of drug-likeness (QED) is 0.185. The Morgan fingerprint density at radius 2 is 0.926 bits per heavy atom. The molecule has 0 aliphatic heterocycles. The van der Waals surface area contributed by atoms with E-state index in [1.165, 1.54) is 129 Å². The van der Waals surface area contributed by atoms with Crippen molar-refractivity contribution in [3.05, 3.63) is 0 Å². The molecular weight excluding hydrogens is 326 g/mol. The van der Waals surface area contributed by atoms with Gasteiger partial charge in [-0.2, -0.15) is 0 Å². The zero-order valence-electron chi connectivity index (χ0n) is 19.8. The summed E-state index contributed by atoms with van der Waals surface area (Å²) in [5, 5.41) is 3.82. The van der Waals surface area contributed by atoms with Crippen LogP contribution in [0.5, 0.6) is 0 Å². The summed E-state index contributed by atoms with van der Waals surface area (Å²) >= 11 is 0. The van der Waals surface area contributed by atoms with Gasteiger partial charge in [0.05, 0.1) is 0 Å². The van der Waals surface area contributed by atoms with E-state index in [0.29, 0.717) is 0 Å². The van der Waals surface area contributed by atoms with Crippen molar-refractivity contribution in [2.24, 2.45) is 11.8 Å². The maximum Gasteiger partial charge on any atom is -0.00179 e. The molecule has 0 saturated carbocycles. The minimum atomic E-state index is 0.911. The van der Waals surface area contributed by atoms with Crippen LogP contribution in [0.1, 0.15) is 143 Å². The van der Waals surface area contributed by atoms with E-state index in [4.69, 9.17) is 0 Å². The molecule has 1 N–H and O–H groups in total. The fraction of sp³-hybridized carbons (Fsp3) is 1.00. The van der Waals surface area contributed by atoms with Crippen LogP contribution in [0.3, 0.4) is 0 Å². The molecule has 0 aromatic heterocycles. The summed E-state index contributed by atoms with van der Waals surface area (Å²) in [6.07, 6.45) is 25.6. The fourth-order valence-electron chi connectivity index (χ4n) is 4.53. The molecule has 0 aromatic rings. The van der Waals surface area contributed by atoms with Gasteiger partial charge in [0.1, 0.15) is 0 Å². The van der Waals surface area contributed by atoms with Crippen molar-refractivity contribution in [3.8, 4) is 0 Å². The third kappa shape index (κ3) is 17.8. The second-order valence-corrected chi connectivity index (χ2v) is 8.98. The molecule has 0 aliphatic rings. The summed E-state index contributed by atoms with van der Waals surface area (Å²) in [5.74, 6) is 1.87. The Bertz CT molecular complexity index is 263. The molecule has 0 rings (SSSR count). The molecular formula is C26H55N. The SMILES string of the molecule is CCCCCCCCCCCCCNCC(CCC)C(CCC)CCCC. The lowest BCUT2D eigenvalue weighted by molar-refractivity contribution is 0.258. The molecule has 0 fully saturated rings. The molecule has 1 heteroatoms. The Hall–Kier alpha value is -0.0400. The lowest BCUT2D eigenvalue weighted by atomic mass is 9.82. The highest BCUT2D eigenvalue weighted by Gasteiger charge is 2.19. The van der Waals surface area contributed by atoms with Gasteiger partial charge in [0, 0.05) is 0 Å². The molecule has 0 aromatic carbocycles. The Morgan fingerprint density at radius 1 is 0.444 bits per heavy atom. The fourth-order valence-corrected chi connectivity index (χ4v) is 4.53. The molecule has 2 atom stereocenters. The molecule has 164 valence electrons. The van der Waals surface area contributed by atoms with Crippen molar-refractivity contribution in [3.63, 3.8) is 0 Å². The highest BCUT2D eigenvalue weighted by Crippen LogP contribution is 2.27. The van der Waals surface area contributed by atoms with E-state index in [1.807, 2.05) is 0 Å². The van der Waals surface area contributed by atoms with Crippen LogP contribution in [0.2, 0.25) is 0 Å². The van der Waals surface area contributed by atoms with E-state index >= 15 is 0 Å². The van der Waals surface area contributed by atoms with Crippen LogP contribution in [0, 0.1) is 11.8 Å². The number of rotatable bonds is 22. The van der Waals surface area contributed by atoms with Gasteiger partial charge in [-0.15, -0.1) is 0 Å². The first-order chi connectivity index (χ1) is 13.3. The standard InChI is InChI=1S/C26H55N/c1-5-9-11-12-13-14-15-16-17-18-19-23-27-24-26(21-8-4)25(20-7-3)22-10-6-2/h25-27H,5-24H2,1-4H3. The molecule has 0 spiro atoms. The van der Waals surface area contributed by atoms with Crippen molar-refractivity contribution in [2.75, 3.05) is 13.1 Å². The average Bonchev–Trinajstić information content (AvgIpc) is 2.68. The molecule has 0 heterocycles. The molecule has 0 saturated heterocycles. The predicted molar refractivity (Wildman–Crippen MR) is 126 cm³/mol. The van der Waals surface area contributed by atoms with Gasteiger partial charge in [-0.3, -0.25) is 0 Å². The van der Waals surface area contributed by atoms with E-state index < -0.39 is 0 Å². The maximum absolute atomic E-state index is 3.82. The maximum atomic E-state index is 3.82. The summed E-state index contributed by atoms with van der Waals surface area (Å²) in [5.41, 5.74) is 0. The first kappa shape index (κ1) is 27.0. The van der Waals surface area contributed by atoms with Gasteiger partial charge >= 0.3 is 0 Å². The zero-order valence-corrected chi connectivity index (χ0v) is 19.8. The van der Waals surface area contributed by atoms with Crippen LogP contribution in [-0.4, -0.2) is 13.1 Å². The summed E-state index contributed by atoms with van der Waals surface area (Å²) in [6.45, 7) is 11.9. The molecule has 0 amide bonds. The average molecular weight is 382 g/mol. The predicted octanol–water partition coefficient (Wildman–Crippen LogP) is 8.91. The van der Waals surface area contributed by atoms with Crippen molar-refractivity contribution >= 4 is 0 Å². The Balaban J connectivity index is 3.65. The van der Waals surface area contributed by atoms with Gasteiger partial charge in [0.2, 0.25) is 0 Å². The summed E-state index contributed by atoms with van der Waals surface area (Å²) in [6, 6.07) is 0. The van der Waals surface area contributed by atoms with Crippen LogP contribution < -0.4 is 5.32 Å². The summed E-state index contributed by atoms with van der Waals surface area (Å²) in [7, 11) is 0. The van der Waals surface area contributed by atoms with Crippen molar-refractivity contribution < 1.29 is 0 Å². The van der Waals surface area contributed by atoms with E-state index in [1.54, 1.807) is 0 Å². The number of nitrogens with one attached hydrogen (secondary N) is 1. The number of unbranched alkanes of at least 4 members (excludes halogenated alkanes) is 11. The van der Waals surface area contributed by atoms with Gasteiger partial charge in [-0.1, -0.05) is 130 Å². The Kier molecular flexibility index (Phi) is 22.2. The monoisotopic (exact) mass is 381 g/mol. The first-order valence-electron chi connectivity index (χ1n) is 13.0. The van der Waals surface area contributed by atoms with E-state index in [0.717, 1.165) is 11.8 Å². The lowest BCUT2D eigenvalue weighted by Gasteiger charge is -2.27. The number of hydrogen-bond donors (Lipinski definition) is 1. The van der Waals surface area contributed by atoms with Crippen LogP contribution in [0.15, 0.2) is 0 Å². The van der Waals surface area contributed by atoms with Crippen LogP contribution in [0.4, 0.5) is 0 Å². The third-order valence-electron chi connectivity index (χ3n) is 6.28. The highest BCUT2D eigenvalue weighted by molar-refractivity contribution is 4.72. The Morgan fingerprint density at radius 3 is 1.44 bits per heavy atom. The van der Waals surface area contributed by atoms with Crippen LogP contribution in [0.25, 0.3) is 0 Å². The second-order valence-electron chi connectivity index (χ2n) is 8.98. The number of hydrogen-bond acceptors (Lipinski definition) is 1. The van der Waals surface area contributed by atoms with E-state index in [9.17, 15) is 0 Å². The topological polar surface area (TPSA) is 12.0 Å². The smallest absolute Gasteiger partial charge is 0.00179 e. The van der Waals surface area contributed by atoms with Crippen molar-refractivity contribution in [2.45, 2.75) is 143 Å². The van der Waals surface area contributed by atoms with Gasteiger partial charge < -0.3 is 5.32 Å². The van der Waals surface area contributed by atoms with Crippen LogP contribution in [-0.2, 0) is 0 Å². The summed E-state index contributed by atoms with van der Waals surface area (Å²) < 4.78 is 0. The minimum Gasteiger partial charge on any atom is -0.316 e. The minimum absolute atomic E-state index is 0.911.